The Morgan fingerprint density at radius 2 is 1.94 bits per heavy atom. The Bertz CT molecular complexity index is 1280. The third-order valence-corrected chi connectivity index (χ3v) is 6.20. The lowest BCUT2D eigenvalue weighted by Crippen LogP contribution is -2.34. The van der Waals surface area contributed by atoms with Crippen LogP contribution >= 0.6 is 0 Å². The average Bonchev–Trinajstić information content (AvgIpc) is 3.14. The van der Waals surface area contributed by atoms with Gasteiger partial charge in [-0.3, -0.25) is 15.0 Å². The summed E-state index contributed by atoms with van der Waals surface area (Å²) in [6, 6.07) is 10.6. The first-order chi connectivity index (χ1) is 15.5. The Labute approximate surface area is 184 Å². The van der Waals surface area contributed by atoms with E-state index in [1.54, 1.807) is 30.8 Å². The maximum Gasteiger partial charge on any atom is 0.134 e. The number of rotatable bonds is 3. The molecule has 0 spiro atoms. The van der Waals surface area contributed by atoms with E-state index in [1.165, 1.54) is 12.1 Å². The van der Waals surface area contributed by atoms with E-state index in [1.807, 2.05) is 24.3 Å². The normalized spacial score (nSPS) is 26.4. The van der Waals surface area contributed by atoms with Crippen molar-refractivity contribution in [2.45, 2.75) is 12.0 Å². The van der Waals surface area contributed by atoms with Crippen LogP contribution in [0.2, 0.25) is 0 Å². The summed E-state index contributed by atoms with van der Waals surface area (Å²) in [5.74, 6) is -1.47. The van der Waals surface area contributed by atoms with E-state index in [2.05, 4.69) is 16.0 Å². The fraction of sp³-hybridized carbons (Fsp3) is 0.200. The van der Waals surface area contributed by atoms with Crippen LogP contribution in [0.4, 0.5) is 8.78 Å². The minimum atomic E-state index is -1.03. The van der Waals surface area contributed by atoms with Crippen LogP contribution in [0, 0.1) is 29.0 Å². The molecule has 32 heavy (non-hydrogen) atoms. The van der Waals surface area contributed by atoms with Crippen LogP contribution in [-0.4, -0.2) is 23.6 Å². The van der Waals surface area contributed by atoms with Gasteiger partial charge in [0.2, 0.25) is 0 Å². The molecule has 5 nitrogen and oxygen atoms in total. The maximum atomic E-state index is 15.0. The van der Waals surface area contributed by atoms with Crippen LogP contribution in [0.15, 0.2) is 87.9 Å². The summed E-state index contributed by atoms with van der Waals surface area (Å²) < 4.78 is 29.7. The summed E-state index contributed by atoms with van der Waals surface area (Å²) in [5.41, 5.74) is 7.81. The number of nitrogens with two attached hydrogens (primary N) is 1. The number of halogens is 2. The molecular weight excluding hydrogens is 408 g/mol. The maximum absolute atomic E-state index is 15.0. The van der Waals surface area contributed by atoms with Crippen LogP contribution in [0.25, 0.3) is 0 Å². The number of dihydropyridines is 1. The molecule has 1 aliphatic carbocycles. The zero-order chi connectivity index (χ0) is 22.3. The number of aromatic nitrogens is 1. The van der Waals surface area contributed by atoms with Crippen LogP contribution < -0.4 is 5.73 Å². The lowest BCUT2D eigenvalue weighted by Gasteiger charge is -2.36. The van der Waals surface area contributed by atoms with E-state index in [4.69, 9.17) is 10.7 Å². The molecule has 1 aromatic heterocycles. The second-order valence-electron chi connectivity index (χ2n) is 7.99. The number of fused-ring (bicyclic) bond motifs is 1. The summed E-state index contributed by atoms with van der Waals surface area (Å²) in [6.45, 7) is 0.358. The monoisotopic (exact) mass is 427 g/mol. The largest absolute Gasteiger partial charge is 0.383 e. The molecular formula is C25H19F2N5. The molecule has 1 aromatic carbocycles. The first-order valence-corrected chi connectivity index (χ1v) is 10.3. The summed E-state index contributed by atoms with van der Waals surface area (Å²) in [4.78, 5) is 13.1. The molecule has 3 heterocycles. The Morgan fingerprint density at radius 3 is 2.72 bits per heavy atom. The highest BCUT2D eigenvalue weighted by Gasteiger charge is 2.48. The van der Waals surface area contributed by atoms with Gasteiger partial charge in [-0.05, 0) is 47.4 Å². The van der Waals surface area contributed by atoms with Gasteiger partial charge in [0.1, 0.15) is 23.0 Å². The first kappa shape index (κ1) is 20.0. The SMILES string of the molecule is N#CC1C=C(C2=CC(C3(c4ccncc4)N=C(N)c4c(F)cccc43)CC=C2F)C=NC1. The highest BCUT2D eigenvalue weighted by atomic mass is 19.1. The van der Waals surface area contributed by atoms with Crippen LogP contribution in [0.3, 0.4) is 0 Å². The van der Waals surface area contributed by atoms with E-state index in [9.17, 15) is 14.0 Å². The van der Waals surface area contributed by atoms with Crippen molar-refractivity contribution >= 4 is 12.1 Å². The molecule has 2 N–H and O–H groups in total. The first-order valence-electron chi connectivity index (χ1n) is 10.3. The Balaban J connectivity index is 1.71. The predicted molar refractivity (Wildman–Crippen MR) is 118 cm³/mol. The van der Waals surface area contributed by atoms with Gasteiger partial charge in [-0.1, -0.05) is 24.3 Å². The molecule has 0 amide bonds. The molecule has 0 fully saturated rings. The number of nitrogens with zero attached hydrogens (tertiary/aromatic N) is 4. The number of pyridine rings is 1. The zero-order valence-electron chi connectivity index (χ0n) is 17.0. The number of amidine groups is 1. The van der Waals surface area contributed by atoms with E-state index in [0.29, 0.717) is 29.7 Å². The van der Waals surface area contributed by atoms with Crippen molar-refractivity contribution in [3.63, 3.8) is 0 Å². The Morgan fingerprint density at radius 1 is 1.12 bits per heavy atom. The number of hydrogen-bond donors (Lipinski definition) is 1. The highest BCUT2D eigenvalue weighted by Crippen LogP contribution is 2.50. The average molecular weight is 427 g/mol. The molecule has 0 saturated heterocycles. The molecule has 2 aliphatic heterocycles. The minimum Gasteiger partial charge on any atom is -0.383 e. The van der Waals surface area contributed by atoms with Crippen LogP contribution in [-0.2, 0) is 5.54 Å². The Kier molecular flexibility index (Phi) is 4.78. The quantitative estimate of drug-likeness (QED) is 0.799. The molecule has 7 heteroatoms. The van der Waals surface area contributed by atoms with E-state index >= 15 is 0 Å². The lowest BCUT2D eigenvalue weighted by molar-refractivity contribution is 0.395. The summed E-state index contributed by atoms with van der Waals surface area (Å²) >= 11 is 0. The van der Waals surface area contributed by atoms with Crippen molar-refractivity contribution in [2.24, 2.45) is 27.6 Å². The van der Waals surface area contributed by atoms with Gasteiger partial charge in [-0.2, -0.15) is 5.26 Å². The topological polar surface area (TPSA) is 87.4 Å². The van der Waals surface area contributed by atoms with Gasteiger partial charge in [0.05, 0.1) is 24.1 Å². The van der Waals surface area contributed by atoms with Gasteiger partial charge in [0.25, 0.3) is 0 Å². The molecule has 0 radical (unpaired) electrons. The number of hydrogen-bond acceptors (Lipinski definition) is 5. The Hall–Kier alpha value is -3.92. The van der Waals surface area contributed by atoms with Gasteiger partial charge >= 0.3 is 0 Å². The van der Waals surface area contributed by atoms with E-state index in [0.717, 1.165) is 5.56 Å². The zero-order valence-corrected chi connectivity index (χ0v) is 17.0. The van der Waals surface area contributed by atoms with Crippen molar-refractivity contribution in [2.75, 3.05) is 6.54 Å². The van der Waals surface area contributed by atoms with Crippen LogP contribution in [0.5, 0.6) is 0 Å². The summed E-state index contributed by atoms with van der Waals surface area (Å²) in [7, 11) is 0. The molecule has 3 aliphatic rings. The second kappa shape index (κ2) is 7.65. The molecule has 3 atom stereocenters. The van der Waals surface area contributed by atoms with Crippen molar-refractivity contribution < 1.29 is 8.78 Å². The molecule has 158 valence electrons. The van der Waals surface area contributed by atoms with Crippen molar-refractivity contribution in [3.8, 4) is 6.07 Å². The van der Waals surface area contributed by atoms with Gasteiger partial charge in [-0.15, -0.1) is 0 Å². The number of benzene rings is 1. The molecule has 3 unspecified atom stereocenters. The predicted octanol–water partition coefficient (Wildman–Crippen LogP) is 4.13. The molecule has 0 bridgehead atoms. The van der Waals surface area contributed by atoms with Gasteiger partial charge in [-0.25, -0.2) is 8.78 Å². The number of allylic oxidation sites excluding steroid dienone is 4. The van der Waals surface area contributed by atoms with Crippen LogP contribution in [0.1, 0.15) is 23.1 Å². The van der Waals surface area contributed by atoms with Crippen molar-refractivity contribution in [1.82, 2.24) is 4.98 Å². The second-order valence-corrected chi connectivity index (χ2v) is 7.99. The smallest absolute Gasteiger partial charge is 0.134 e. The van der Waals surface area contributed by atoms with Gasteiger partial charge in [0, 0.05) is 30.1 Å². The fourth-order valence-electron chi connectivity index (χ4n) is 4.76. The molecule has 0 saturated carbocycles. The van der Waals surface area contributed by atoms with E-state index in [-0.39, 0.29) is 23.1 Å². The lowest BCUT2D eigenvalue weighted by atomic mass is 9.70. The fourth-order valence-corrected chi connectivity index (χ4v) is 4.76. The number of aliphatic imine (C=N–C) groups is 2. The minimum absolute atomic E-state index is 0.114. The number of nitriles is 1. The molecule has 5 rings (SSSR count). The van der Waals surface area contributed by atoms with Gasteiger partial charge < -0.3 is 5.73 Å². The highest BCUT2D eigenvalue weighted by molar-refractivity contribution is 6.03. The van der Waals surface area contributed by atoms with Crippen molar-refractivity contribution in [1.29, 1.82) is 5.26 Å². The standard InChI is InChI=1S/C25H19F2N5/c26-21-5-4-18(11-19(21)16-10-15(12-28)13-31-14-16)25(17-6-8-30-9-7-17)20-2-1-3-22(27)23(20)24(29)32-25/h1-3,5-11,14-15,18H,4,13H2,(H2,29,32). The van der Waals surface area contributed by atoms with Gasteiger partial charge in [0.15, 0.2) is 0 Å². The third-order valence-electron chi connectivity index (χ3n) is 6.20. The summed E-state index contributed by atoms with van der Waals surface area (Å²) in [5, 5.41) is 9.28. The third kappa shape index (κ3) is 2.99. The molecule has 2 aromatic rings. The van der Waals surface area contributed by atoms with E-state index < -0.39 is 17.3 Å². The van der Waals surface area contributed by atoms with Crippen molar-refractivity contribution in [3.05, 3.63) is 100 Å². The summed E-state index contributed by atoms with van der Waals surface area (Å²) in [6.07, 6.45) is 10.3.